The van der Waals surface area contributed by atoms with Crippen molar-refractivity contribution in [2.75, 3.05) is 12.4 Å². The number of rotatable bonds is 8. The Hall–Kier alpha value is -2.15. The molecule has 0 saturated heterocycles. The van der Waals surface area contributed by atoms with Crippen LogP contribution in [0.15, 0.2) is 49.3 Å². The van der Waals surface area contributed by atoms with E-state index >= 15 is 0 Å². The zero-order chi connectivity index (χ0) is 15.1. The van der Waals surface area contributed by atoms with Crippen molar-refractivity contribution < 1.29 is 13.2 Å². The highest BCUT2D eigenvalue weighted by molar-refractivity contribution is 7.90. The molecule has 112 valence electrons. The Bertz CT molecular complexity index is 664. The third-order valence-corrected chi connectivity index (χ3v) is 4.36. The van der Waals surface area contributed by atoms with Crippen LogP contribution in [0.25, 0.3) is 0 Å². The predicted molar refractivity (Wildman–Crippen MR) is 79.6 cm³/mol. The number of sulfone groups is 1. The Balaban J connectivity index is 1.91. The molecule has 0 spiro atoms. The molecule has 6 nitrogen and oxygen atoms in total. The van der Waals surface area contributed by atoms with E-state index in [0.29, 0.717) is 18.9 Å². The number of hydrogen-bond acceptors (Lipinski definition) is 5. The van der Waals surface area contributed by atoms with Crippen LogP contribution in [0.1, 0.15) is 5.56 Å². The van der Waals surface area contributed by atoms with Gasteiger partial charge in [-0.3, -0.25) is 4.68 Å². The fraction of sp³-hybridized carbons (Fsp3) is 0.286. The molecule has 0 unspecified atom stereocenters. The summed E-state index contributed by atoms with van der Waals surface area (Å²) in [6.45, 7) is 4.30. The van der Waals surface area contributed by atoms with Gasteiger partial charge in [-0.05, 0) is 17.7 Å². The molecule has 0 aliphatic heterocycles. The second-order valence-corrected chi connectivity index (χ2v) is 6.69. The number of aromatic nitrogens is 3. The van der Waals surface area contributed by atoms with Gasteiger partial charge in [0.15, 0.2) is 9.84 Å². The number of ether oxygens (including phenoxy) is 1. The highest BCUT2D eigenvalue weighted by Gasteiger charge is 2.12. The number of nitrogens with zero attached hydrogens (tertiary/aromatic N) is 3. The van der Waals surface area contributed by atoms with Crippen LogP contribution in [0.4, 0.5) is 0 Å². The molecule has 0 aliphatic carbocycles. The third-order valence-electron chi connectivity index (χ3n) is 2.78. The van der Waals surface area contributed by atoms with Crippen molar-refractivity contribution in [1.82, 2.24) is 15.0 Å². The summed E-state index contributed by atoms with van der Waals surface area (Å²) in [5.74, 6) is 0.729. The van der Waals surface area contributed by atoms with E-state index < -0.39 is 9.84 Å². The standard InChI is InChI=1S/C14H17N3O3S/c1-2-10-20-14-5-3-13(4-6-14)12-21(18,19)11-9-17-8-7-15-16-17/h2-8H,1,9-12H2. The average molecular weight is 307 g/mol. The van der Waals surface area contributed by atoms with Crippen LogP contribution in [0.3, 0.4) is 0 Å². The molecule has 1 aromatic carbocycles. The Morgan fingerprint density at radius 3 is 2.67 bits per heavy atom. The first-order valence-corrected chi connectivity index (χ1v) is 8.28. The van der Waals surface area contributed by atoms with Gasteiger partial charge in [0.2, 0.25) is 0 Å². The molecular weight excluding hydrogens is 290 g/mol. The minimum atomic E-state index is -3.19. The van der Waals surface area contributed by atoms with E-state index in [1.165, 1.54) is 10.9 Å². The quantitative estimate of drug-likeness (QED) is 0.690. The summed E-state index contributed by atoms with van der Waals surface area (Å²) in [7, 11) is -3.19. The van der Waals surface area contributed by atoms with Gasteiger partial charge in [0.1, 0.15) is 12.4 Å². The summed E-state index contributed by atoms with van der Waals surface area (Å²) >= 11 is 0. The van der Waals surface area contributed by atoms with Crippen molar-refractivity contribution in [2.24, 2.45) is 0 Å². The van der Waals surface area contributed by atoms with Crippen molar-refractivity contribution in [2.45, 2.75) is 12.3 Å². The summed E-state index contributed by atoms with van der Waals surface area (Å²) in [6.07, 6.45) is 4.82. The first-order chi connectivity index (χ1) is 10.1. The molecule has 0 amide bonds. The smallest absolute Gasteiger partial charge is 0.156 e. The summed E-state index contributed by atoms with van der Waals surface area (Å²) < 4.78 is 30.9. The van der Waals surface area contributed by atoms with Crippen molar-refractivity contribution in [3.63, 3.8) is 0 Å². The second-order valence-electron chi connectivity index (χ2n) is 4.50. The van der Waals surface area contributed by atoms with Crippen molar-refractivity contribution in [3.8, 4) is 5.75 Å². The van der Waals surface area contributed by atoms with Crippen molar-refractivity contribution >= 4 is 9.84 Å². The zero-order valence-corrected chi connectivity index (χ0v) is 12.4. The molecule has 0 N–H and O–H groups in total. The van der Waals surface area contributed by atoms with Crippen LogP contribution in [-0.2, 0) is 22.1 Å². The SMILES string of the molecule is C=CCOc1ccc(CS(=O)(=O)CCn2ccnn2)cc1. The van der Waals surface area contributed by atoms with Crippen LogP contribution in [-0.4, -0.2) is 35.8 Å². The molecule has 0 saturated carbocycles. The molecule has 0 radical (unpaired) electrons. The van der Waals surface area contributed by atoms with E-state index in [1.54, 1.807) is 36.5 Å². The Morgan fingerprint density at radius 1 is 1.29 bits per heavy atom. The predicted octanol–water partition coefficient (Wildman–Crippen LogP) is 1.46. The first-order valence-electron chi connectivity index (χ1n) is 6.46. The van der Waals surface area contributed by atoms with E-state index in [9.17, 15) is 8.42 Å². The first kappa shape index (κ1) is 15.2. The van der Waals surface area contributed by atoms with Gasteiger partial charge in [0.25, 0.3) is 0 Å². The van der Waals surface area contributed by atoms with Gasteiger partial charge in [-0.2, -0.15) is 0 Å². The lowest BCUT2D eigenvalue weighted by Crippen LogP contribution is -2.15. The zero-order valence-electron chi connectivity index (χ0n) is 11.6. The largest absolute Gasteiger partial charge is 0.490 e. The summed E-state index contributed by atoms with van der Waals surface area (Å²) in [4.78, 5) is 0. The van der Waals surface area contributed by atoms with Crippen LogP contribution in [0.5, 0.6) is 5.75 Å². The van der Waals surface area contributed by atoms with Gasteiger partial charge in [-0.15, -0.1) is 5.10 Å². The summed E-state index contributed by atoms with van der Waals surface area (Å²) in [5.41, 5.74) is 0.736. The van der Waals surface area contributed by atoms with Gasteiger partial charge in [0.05, 0.1) is 24.2 Å². The lowest BCUT2D eigenvalue weighted by molar-refractivity contribution is 0.363. The van der Waals surface area contributed by atoms with E-state index in [4.69, 9.17) is 4.74 Å². The Morgan fingerprint density at radius 2 is 2.05 bits per heavy atom. The molecule has 7 heteroatoms. The minimum absolute atomic E-state index is 0.00341. The Labute approximate surface area is 124 Å². The van der Waals surface area contributed by atoms with Gasteiger partial charge in [0, 0.05) is 6.20 Å². The minimum Gasteiger partial charge on any atom is -0.490 e. The molecule has 1 aromatic heterocycles. The van der Waals surface area contributed by atoms with Crippen LogP contribution < -0.4 is 4.74 Å². The van der Waals surface area contributed by atoms with Crippen molar-refractivity contribution in [3.05, 3.63) is 54.9 Å². The van der Waals surface area contributed by atoms with Gasteiger partial charge in [-0.1, -0.05) is 30.0 Å². The molecule has 0 aliphatic rings. The number of hydrogen-bond donors (Lipinski definition) is 0. The fourth-order valence-corrected chi connectivity index (χ4v) is 3.06. The molecule has 0 atom stereocenters. The van der Waals surface area contributed by atoms with E-state index in [2.05, 4.69) is 16.9 Å². The third kappa shape index (κ3) is 5.03. The van der Waals surface area contributed by atoms with E-state index in [1.807, 2.05) is 0 Å². The monoisotopic (exact) mass is 307 g/mol. The molecule has 2 aromatic rings. The Kier molecular flexibility index (Phi) is 5.10. The van der Waals surface area contributed by atoms with Gasteiger partial charge >= 0.3 is 0 Å². The molecule has 1 heterocycles. The average Bonchev–Trinajstić information content (AvgIpc) is 2.98. The van der Waals surface area contributed by atoms with Crippen molar-refractivity contribution in [1.29, 1.82) is 0 Å². The van der Waals surface area contributed by atoms with E-state index in [-0.39, 0.29) is 11.5 Å². The molecule has 21 heavy (non-hydrogen) atoms. The van der Waals surface area contributed by atoms with Crippen LogP contribution in [0.2, 0.25) is 0 Å². The number of benzene rings is 1. The molecular formula is C14H17N3O3S. The summed E-state index contributed by atoms with van der Waals surface area (Å²) in [6, 6.07) is 7.02. The second kappa shape index (κ2) is 7.03. The molecule has 2 rings (SSSR count). The number of aryl methyl sites for hydroxylation is 1. The topological polar surface area (TPSA) is 74.1 Å². The lowest BCUT2D eigenvalue weighted by Gasteiger charge is -2.06. The van der Waals surface area contributed by atoms with Crippen LogP contribution in [0, 0.1) is 0 Å². The highest BCUT2D eigenvalue weighted by atomic mass is 32.2. The van der Waals surface area contributed by atoms with Gasteiger partial charge in [-0.25, -0.2) is 8.42 Å². The van der Waals surface area contributed by atoms with E-state index in [0.717, 1.165) is 5.56 Å². The summed E-state index contributed by atoms with van der Waals surface area (Å²) in [5, 5.41) is 7.38. The highest BCUT2D eigenvalue weighted by Crippen LogP contribution is 2.14. The van der Waals surface area contributed by atoms with Crippen LogP contribution >= 0.6 is 0 Å². The molecule has 0 bridgehead atoms. The maximum atomic E-state index is 12.0. The normalized spacial score (nSPS) is 11.2. The fourth-order valence-electron chi connectivity index (χ4n) is 1.75. The maximum Gasteiger partial charge on any atom is 0.156 e. The lowest BCUT2D eigenvalue weighted by atomic mass is 10.2. The maximum absolute atomic E-state index is 12.0. The van der Waals surface area contributed by atoms with Gasteiger partial charge < -0.3 is 4.74 Å². The molecule has 0 fully saturated rings.